The van der Waals surface area contributed by atoms with Crippen LogP contribution >= 0.6 is 11.3 Å². The Labute approximate surface area is 80.2 Å². The maximum absolute atomic E-state index is 10.1. The second-order valence-electron chi connectivity index (χ2n) is 2.56. The number of aryl methyl sites for hydroxylation is 1. The van der Waals surface area contributed by atoms with Crippen molar-refractivity contribution < 1.29 is 14.6 Å². The minimum absolute atomic E-state index is 0.224. The monoisotopic (exact) mass is 201 g/mol. The van der Waals surface area contributed by atoms with Gasteiger partial charge in [0.05, 0.1) is 17.8 Å². The Morgan fingerprint density at radius 3 is 3.08 bits per heavy atom. The summed E-state index contributed by atoms with van der Waals surface area (Å²) in [4.78, 5) is 15.3. The van der Waals surface area contributed by atoms with E-state index in [4.69, 9.17) is 9.84 Å². The van der Waals surface area contributed by atoms with Gasteiger partial charge in [-0.3, -0.25) is 0 Å². The van der Waals surface area contributed by atoms with Crippen LogP contribution in [-0.4, -0.2) is 29.3 Å². The lowest BCUT2D eigenvalue weighted by Crippen LogP contribution is -2.08. The number of carboxylic acids is 1. The smallest absolute Gasteiger partial charge is 0.329 e. The van der Waals surface area contributed by atoms with Crippen molar-refractivity contribution in [2.75, 3.05) is 13.2 Å². The summed E-state index contributed by atoms with van der Waals surface area (Å²) in [7, 11) is 0. The molecule has 0 aliphatic heterocycles. The summed E-state index contributed by atoms with van der Waals surface area (Å²) in [6.45, 7) is 2.15. The van der Waals surface area contributed by atoms with Crippen LogP contribution in [0.5, 0.6) is 0 Å². The van der Waals surface area contributed by atoms with Gasteiger partial charge in [-0.1, -0.05) is 0 Å². The zero-order chi connectivity index (χ0) is 9.68. The summed E-state index contributed by atoms with van der Waals surface area (Å²) in [5, 5.41) is 8.29. The summed E-state index contributed by atoms with van der Waals surface area (Å²) < 4.78 is 4.90. The predicted molar refractivity (Wildman–Crippen MR) is 49.0 cm³/mol. The van der Waals surface area contributed by atoms with Crippen LogP contribution in [-0.2, 0) is 16.0 Å². The van der Waals surface area contributed by atoms with E-state index in [9.17, 15) is 4.79 Å². The Bertz CT molecular complexity index is 285. The highest BCUT2D eigenvalue weighted by atomic mass is 32.1. The number of thiazole rings is 1. The summed E-state index contributed by atoms with van der Waals surface area (Å²) in [6.07, 6.45) is 0.740. The number of ether oxygens (including phenoxy) is 1. The zero-order valence-corrected chi connectivity index (χ0v) is 8.13. The molecular weight excluding hydrogens is 190 g/mol. The van der Waals surface area contributed by atoms with Gasteiger partial charge in [-0.2, -0.15) is 0 Å². The van der Waals surface area contributed by atoms with E-state index in [1.165, 1.54) is 0 Å². The molecule has 1 rings (SSSR count). The number of aromatic nitrogens is 1. The average molecular weight is 201 g/mol. The number of rotatable bonds is 5. The molecule has 72 valence electrons. The molecular formula is C8H11NO3S. The lowest BCUT2D eigenvalue weighted by molar-refractivity contribution is -0.142. The summed E-state index contributed by atoms with van der Waals surface area (Å²) in [5.41, 5.74) is 2.78. The van der Waals surface area contributed by atoms with Crippen molar-refractivity contribution in [3.8, 4) is 0 Å². The van der Waals surface area contributed by atoms with Gasteiger partial charge in [0.1, 0.15) is 6.61 Å². The number of carbonyl (C=O) groups is 1. The lowest BCUT2D eigenvalue weighted by Gasteiger charge is -1.99. The van der Waals surface area contributed by atoms with E-state index in [2.05, 4.69) is 4.98 Å². The fourth-order valence-electron chi connectivity index (χ4n) is 0.890. The van der Waals surface area contributed by atoms with Crippen LogP contribution < -0.4 is 0 Å². The summed E-state index contributed by atoms with van der Waals surface area (Å²) in [5.74, 6) is -0.930. The van der Waals surface area contributed by atoms with Crippen LogP contribution in [0.2, 0.25) is 0 Å². The third kappa shape index (κ3) is 3.52. The number of carboxylic acid groups (broad SMARTS) is 1. The van der Waals surface area contributed by atoms with Crippen LogP contribution in [0.4, 0.5) is 0 Å². The van der Waals surface area contributed by atoms with E-state index in [1.807, 2.05) is 6.92 Å². The first-order chi connectivity index (χ1) is 6.20. The van der Waals surface area contributed by atoms with Gasteiger partial charge >= 0.3 is 5.97 Å². The van der Waals surface area contributed by atoms with Gasteiger partial charge in [0.2, 0.25) is 0 Å². The molecule has 0 radical (unpaired) electrons. The molecule has 13 heavy (non-hydrogen) atoms. The standard InChI is InChI=1S/C8H11NO3S/c1-6-7(13-5-9-6)2-3-12-4-8(10)11/h5H,2-4H2,1H3,(H,10,11). The van der Waals surface area contributed by atoms with Gasteiger partial charge < -0.3 is 9.84 Å². The zero-order valence-electron chi connectivity index (χ0n) is 7.32. The molecule has 0 aromatic carbocycles. The van der Waals surface area contributed by atoms with Crippen LogP contribution in [0.25, 0.3) is 0 Å². The first-order valence-electron chi connectivity index (χ1n) is 3.88. The quantitative estimate of drug-likeness (QED) is 0.724. The molecule has 0 saturated heterocycles. The molecule has 4 nitrogen and oxygen atoms in total. The van der Waals surface area contributed by atoms with Gasteiger partial charge in [0.15, 0.2) is 0 Å². The molecule has 0 spiro atoms. The first-order valence-corrected chi connectivity index (χ1v) is 4.76. The minimum atomic E-state index is -0.930. The van der Waals surface area contributed by atoms with Gasteiger partial charge in [-0.15, -0.1) is 11.3 Å². The predicted octanol–water partition coefficient (Wildman–Crippen LogP) is 1.10. The molecule has 1 N–H and O–H groups in total. The van der Waals surface area contributed by atoms with E-state index < -0.39 is 5.97 Å². The summed E-state index contributed by atoms with van der Waals surface area (Å²) >= 11 is 1.57. The Kier molecular flexibility index (Phi) is 3.85. The Balaban J connectivity index is 2.20. The SMILES string of the molecule is Cc1ncsc1CCOCC(=O)O. The maximum atomic E-state index is 10.1. The third-order valence-electron chi connectivity index (χ3n) is 1.54. The Morgan fingerprint density at radius 2 is 2.54 bits per heavy atom. The molecule has 1 aromatic rings. The topological polar surface area (TPSA) is 59.4 Å². The van der Waals surface area contributed by atoms with Gasteiger partial charge in [-0.05, 0) is 6.92 Å². The first kappa shape index (κ1) is 10.1. The molecule has 1 heterocycles. The van der Waals surface area contributed by atoms with Crippen molar-refractivity contribution in [3.63, 3.8) is 0 Å². The Morgan fingerprint density at radius 1 is 1.77 bits per heavy atom. The van der Waals surface area contributed by atoms with Gasteiger partial charge in [0, 0.05) is 11.3 Å². The molecule has 0 unspecified atom stereocenters. The Hall–Kier alpha value is -0.940. The molecule has 0 saturated carbocycles. The molecule has 0 fully saturated rings. The second kappa shape index (κ2) is 4.94. The van der Waals surface area contributed by atoms with E-state index in [-0.39, 0.29) is 6.61 Å². The molecule has 0 aliphatic rings. The van der Waals surface area contributed by atoms with Crippen molar-refractivity contribution >= 4 is 17.3 Å². The van der Waals surface area contributed by atoms with Crippen molar-refractivity contribution in [2.45, 2.75) is 13.3 Å². The molecule has 5 heteroatoms. The molecule has 0 aliphatic carbocycles. The van der Waals surface area contributed by atoms with Crippen LogP contribution in [0.3, 0.4) is 0 Å². The third-order valence-corrected chi connectivity index (χ3v) is 2.54. The largest absolute Gasteiger partial charge is 0.480 e. The molecule has 0 bridgehead atoms. The number of aliphatic carboxylic acids is 1. The van der Waals surface area contributed by atoms with E-state index in [1.54, 1.807) is 16.8 Å². The molecule has 0 amide bonds. The fraction of sp³-hybridized carbons (Fsp3) is 0.500. The lowest BCUT2D eigenvalue weighted by atomic mass is 10.3. The highest BCUT2D eigenvalue weighted by Gasteiger charge is 2.01. The van der Waals surface area contributed by atoms with E-state index in [0.717, 1.165) is 17.0 Å². The van der Waals surface area contributed by atoms with Crippen LogP contribution in [0, 0.1) is 6.92 Å². The highest BCUT2D eigenvalue weighted by molar-refractivity contribution is 7.09. The fourth-order valence-corrected chi connectivity index (χ4v) is 1.65. The van der Waals surface area contributed by atoms with E-state index >= 15 is 0 Å². The minimum Gasteiger partial charge on any atom is -0.480 e. The molecule has 0 atom stereocenters. The van der Waals surface area contributed by atoms with Gasteiger partial charge in [-0.25, -0.2) is 9.78 Å². The van der Waals surface area contributed by atoms with Crippen LogP contribution in [0.15, 0.2) is 5.51 Å². The van der Waals surface area contributed by atoms with Gasteiger partial charge in [0.25, 0.3) is 0 Å². The maximum Gasteiger partial charge on any atom is 0.329 e. The van der Waals surface area contributed by atoms with Crippen LogP contribution in [0.1, 0.15) is 10.6 Å². The highest BCUT2D eigenvalue weighted by Crippen LogP contribution is 2.12. The second-order valence-corrected chi connectivity index (χ2v) is 3.50. The normalized spacial score (nSPS) is 10.2. The summed E-state index contributed by atoms with van der Waals surface area (Å²) in [6, 6.07) is 0. The number of nitrogens with zero attached hydrogens (tertiary/aromatic N) is 1. The number of hydrogen-bond acceptors (Lipinski definition) is 4. The van der Waals surface area contributed by atoms with Crippen molar-refractivity contribution in [3.05, 3.63) is 16.1 Å². The average Bonchev–Trinajstić information content (AvgIpc) is 2.45. The molecule has 1 aromatic heterocycles. The van der Waals surface area contributed by atoms with Crippen molar-refractivity contribution in [2.24, 2.45) is 0 Å². The van der Waals surface area contributed by atoms with Crippen molar-refractivity contribution in [1.29, 1.82) is 0 Å². The van der Waals surface area contributed by atoms with Crippen molar-refractivity contribution in [1.82, 2.24) is 4.98 Å². The van der Waals surface area contributed by atoms with E-state index in [0.29, 0.717) is 6.61 Å². The number of hydrogen-bond donors (Lipinski definition) is 1.